The molecule has 0 aliphatic heterocycles. The van der Waals surface area contributed by atoms with Gasteiger partial charge in [-0.25, -0.2) is 0 Å². The second-order valence-corrected chi connectivity index (χ2v) is 5.17. The third-order valence-electron chi connectivity index (χ3n) is 2.64. The van der Waals surface area contributed by atoms with Gasteiger partial charge in [0, 0.05) is 5.88 Å². The molecule has 0 heterocycles. The van der Waals surface area contributed by atoms with Gasteiger partial charge in [-0.3, -0.25) is 0 Å². The van der Waals surface area contributed by atoms with Crippen LogP contribution in [0.25, 0.3) is 0 Å². The maximum absolute atomic E-state index is 13.1. The van der Waals surface area contributed by atoms with Crippen LogP contribution in [0.15, 0.2) is 36.4 Å². The van der Waals surface area contributed by atoms with E-state index in [2.05, 4.69) is 0 Å². The maximum Gasteiger partial charge on any atom is 0.419 e. The van der Waals surface area contributed by atoms with Crippen molar-refractivity contribution in [3.63, 3.8) is 0 Å². The topological polar surface area (TPSA) is 9.23 Å². The third kappa shape index (κ3) is 3.76. The van der Waals surface area contributed by atoms with E-state index in [1.54, 1.807) is 0 Å². The zero-order valence-electron chi connectivity index (χ0n) is 10.3. The van der Waals surface area contributed by atoms with Crippen molar-refractivity contribution in [2.75, 3.05) is 0 Å². The first kappa shape index (κ1) is 16.3. The fourth-order valence-corrected chi connectivity index (χ4v) is 2.15. The number of hydrogen-bond acceptors (Lipinski definition) is 1. The molecule has 0 N–H and O–H groups in total. The first-order chi connectivity index (χ1) is 9.82. The van der Waals surface area contributed by atoms with E-state index in [9.17, 15) is 13.2 Å². The largest absolute Gasteiger partial charge is 0.455 e. The molecule has 0 saturated carbocycles. The molecule has 0 fully saturated rings. The summed E-state index contributed by atoms with van der Waals surface area (Å²) in [6, 6.07) is 8.08. The lowest BCUT2D eigenvalue weighted by molar-refractivity contribution is -0.138. The minimum absolute atomic E-state index is 0.0265. The molecule has 112 valence electrons. The van der Waals surface area contributed by atoms with Gasteiger partial charge in [0.15, 0.2) is 0 Å². The number of hydrogen-bond donors (Lipinski definition) is 0. The number of ether oxygens (including phenoxy) is 1. The number of rotatable bonds is 3. The number of benzene rings is 2. The van der Waals surface area contributed by atoms with Crippen molar-refractivity contribution in [3.8, 4) is 11.5 Å². The van der Waals surface area contributed by atoms with E-state index in [0.29, 0.717) is 5.56 Å². The quantitative estimate of drug-likeness (QED) is 0.568. The van der Waals surface area contributed by atoms with Crippen molar-refractivity contribution in [2.45, 2.75) is 12.1 Å². The van der Waals surface area contributed by atoms with Crippen molar-refractivity contribution in [1.29, 1.82) is 0 Å². The Hall–Kier alpha value is -1.10. The lowest BCUT2D eigenvalue weighted by Gasteiger charge is -2.15. The molecule has 1 nitrogen and oxygen atoms in total. The second kappa shape index (κ2) is 6.34. The molecule has 21 heavy (non-hydrogen) atoms. The maximum atomic E-state index is 13.1. The van der Waals surface area contributed by atoms with Crippen LogP contribution in [-0.4, -0.2) is 0 Å². The third-order valence-corrected chi connectivity index (χ3v) is 3.75. The zero-order valence-corrected chi connectivity index (χ0v) is 12.6. The predicted octanol–water partition coefficient (Wildman–Crippen LogP) is 6.54. The zero-order chi connectivity index (χ0) is 15.6. The lowest BCUT2D eigenvalue weighted by atomic mass is 10.1. The van der Waals surface area contributed by atoms with Crippen LogP contribution >= 0.6 is 34.8 Å². The summed E-state index contributed by atoms with van der Waals surface area (Å²) in [5.41, 5.74) is -0.578. The molecule has 0 aliphatic rings. The smallest absolute Gasteiger partial charge is 0.419 e. The molecular weight excluding hydrogens is 348 g/mol. The van der Waals surface area contributed by atoms with E-state index < -0.39 is 11.7 Å². The fourth-order valence-electron chi connectivity index (χ4n) is 1.65. The van der Waals surface area contributed by atoms with E-state index in [1.807, 2.05) is 0 Å². The van der Waals surface area contributed by atoms with Crippen molar-refractivity contribution < 1.29 is 17.9 Å². The van der Waals surface area contributed by atoms with Gasteiger partial charge in [-0.05, 0) is 29.8 Å². The molecule has 0 aliphatic carbocycles. The summed E-state index contributed by atoms with van der Waals surface area (Å²) in [4.78, 5) is 0. The van der Waals surface area contributed by atoms with Crippen molar-refractivity contribution in [3.05, 3.63) is 57.6 Å². The van der Waals surface area contributed by atoms with E-state index in [1.165, 1.54) is 30.3 Å². The molecule has 0 aromatic heterocycles. The minimum atomic E-state index is -4.57. The van der Waals surface area contributed by atoms with Gasteiger partial charge in [-0.15, -0.1) is 11.6 Å². The highest BCUT2D eigenvalue weighted by Gasteiger charge is 2.35. The van der Waals surface area contributed by atoms with Crippen molar-refractivity contribution >= 4 is 34.8 Å². The summed E-state index contributed by atoms with van der Waals surface area (Å²) >= 11 is 17.3. The number of alkyl halides is 4. The van der Waals surface area contributed by atoms with Crippen LogP contribution in [0, 0.1) is 0 Å². The molecule has 2 aromatic carbocycles. The summed E-state index contributed by atoms with van der Waals surface area (Å²) in [6.45, 7) is 0. The van der Waals surface area contributed by atoms with E-state index in [-0.39, 0.29) is 27.4 Å². The molecule has 0 radical (unpaired) electrons. The van der Waals surface area contributed by atoms with E-state index >= 15 is 0 Å². The highest BCUT2D eigenvalue weighted by atomic mass is 35.5. The molecule has 0 spiro atoms. The van der Waals surface area contributed by atoms with Crippen LogP contribution in [0.5, 0.6) is 11.5 Å². The molecule has 0 atom stereocenters. The van der Waals surface area contributed by atoms with Crippen LogP contribution in [-0.2, 0) is 12.1 Å². The first-order valence-electron chi connectivity index (χ1n) is 5.71. The van der Waals surface area contributed by atoms with Gasteiger partial charge < -0.3 is 4.74 Å². The Balaban J connectivity index is 2.46. The lowest BCUT2D eigenvalue weighted by Crippen LogP contribution is -2.08. The van der Waals surface area contributed by atoms with E-state index in [4.69, 9.17) is 39.5 Å². The molecule has 0 amide bonds. The summed E-state index contributed by atoms with van der Waals surface area (Å²) < 4.78 is 44.5. The Morgan fingerprint density at radius 2 is 1.71 bits per heavy atom. The number of halogens is 6. The second-order valence-electron chi connectivity index (χ2n) is 4.12. The fraction of sp³-hybridized carbons (Fsp3) is 0.143. The van der Waals surface area contributed by atoms with Gasteiger partial charge in [0.1, 0.15) is 16.5 Å². The normalized spacial score (nSPS) is 11.5. The molecule has 0 unspecified atom stereocenters. The Bertz CT molecular complexity index is 656. The van der Waals surface area contributed by atoms with E-state index in [0.717, 1.165) is 6.07 Å². The minimum Gasteiger partial charge on any atom is -0.455 e. The van der Waals surface area contributed by atoms with Gasteiger partial charge in [-0.2, -0.15) is 13.2 Å². The molecule has 7 heteroatoms. The van der Waals surface area contributed by atoms with Crippen LogP contribution in [0.3, 0.4) is 0 Å². The van der Waals surface area contributed by atoms with Crippen molar-refractivity contribution in [2.24, 2.45) is 0 Å². The Morgan fingerprint density at radius 1 is 1.00 bits per heavy atom. The summed E-state index contributed by atoms with van der Waals surface area (Å²) in [7, 11) is 0. The van der Waals surface area contributed by atoms with Gasteiger partial charge >= 0.3 is 6.18 Å². The highest BCUT2D eigenvalue weighted by molar-refractivity contribution is 6.42. The first-order valence-corrected chi connectivity index (χ1v) is 7.00. The Morgan fingerprint density at radius 3 is 2.33 bits per heavy atom. The monoisotopic (exact) mass is 354 g/mol. The van der Waals surface area contributed by atoms with Crippen LogP contribution in [0.1, 0.15) is 11.1 Å². The van der Waals surface area contributed by atoms with Crippen LogP contribution in [0.2, 0.25) is 10.0 Å². The molecule has 2 aromatic rings. The predicted molar refractivity (Wildman–Crippen MR) is 77.5 cm³/mol. The highest BCUT2D eigenvalue weighted by Crippen LogP contribution is 2.41. The summed E-state index contributed by atoms with van der Waals surface area (Å²) in [5, 5.41) is 0.244. The molecule has 2 rings (SSSR count). The van der Waals surface area contributed by atoms with Gasteiger partial charge in [0.25, 0.3) is 0 Å². The molecule has 0 saturated heterocycles. The van der Waals surface area contributed by atoms with Gasteiger partial charge in [-0.1, -0.05) is 35.3 Å². The van der Waals surface area contributed by atoms with Gasteiger partial charge in [0.05, 0.1) is 10.6 Å². The molecule has 0 bridgehead atoms. The standard InChI is InChI=1S/C14H8Cl3F3O/c15-7-8-4-5-11(9(6-8)14(18,19)20)21-12-3-1-2-10(16)13(12)17/h1-6H,7H2. The van der Waals surface area contributed by atoms with Crippen LogP contribution in [0.4, 0.5) is 13.2 Å². The summed E-state index contributed by atoms with van der Waals surface area (Å²) in [5.74, 6) is -0.338. The van der Waals surface area contributed by atoms with Crippen LogP contribution < -0.4 is 4.74 Å². The average molecular weight is 356 g/mol. The summed E-state index contributed by atoms with van der Waals surface area (Å²) in [6.07, 6.45) is -4.57. The Labute approximate surface area is 134 Å². The average Bonchev–Trinajstić information content (AvgIpc) is 2.43. The SMILES string of the molecule is FC(F)(F)c1cc(CCl)ccc1Oc1cccc(Cl)c1Cl. The molecular formula is C14H8Cl3F3O. The van der Waals surface area contributed by atoms with Gasteiger partial charge in [0.2, 0.25) is 0 Å². The Kier molecular flexibility index (Phi) is 4.91. The van der Waals surface area contributed by atoms with Crippen molar-refractivity contribution in [1.82, 2.24) is 0 Å².